The van der Waals surface area contributed by atoms with Crippen LogP contribution in [0.15, 0.2) is 12.4 Å². The lowest BCUT2D eigenvalue weighted by Crippen LogP contribution is -2.24. The van der Waals surface area contributed by atoms with Gasteiger partial charge in [0, 0.05) is 21.1 Å². The fourth-order valence-electron chi connectivity index (χ4n) is 1.53. The Morgan fingerprint density at radius 3 is 2.71 bits per heavy atom. The molecule has 1 saturated carbocycles. The van der Waals surface area contributed by atoms with Crippen LogP contribution in [-0.2, 0) is 0 Å². The van der Waals surface area contributed by atoms with Crippen LogP contribution in [0, 0.1) is 0 Å². The van der Waals surface area contributed by atoms with Gasteiger partial charge in [-0.3, -0.25) is 9.78 Å². The second-order valence-electron chi connectivity index (χ2n) is 4.33. The number of rotatable bonds is 4. The molecule has 0 saturated heterocycles. The van der Waals surface area contributed by atoms with Crippen molar-refractivity contribution in [3.05, 3.63) is 18.0 Å². The summed E-state index contributed by atoms with van der Waals surface area (Å²) in [6.45, 7) is 0. The lowest BCUT2D eigenvalue weighted by atomic mass is 10.2. The van der Waals surface area contributed by atoms with Crippen LogP contribution in [0.3, 0.4) is 0 Å². The molecule has 0 aromatic carbocycles. The maximum atomic E-state index is 12.1. The maximum absolute atomic E-state index is 12.1. The highest BCUT2D eigenvalue weighted by molar-refractivity contribution is 6.01. The Morgan fingerprint density at radius 2 is 2.18 bits per heavy atom. The SMILES string of the molecule is CNc1cncc(OC2CC2)c1C(=O)N(C)C. The molecule has 0 unspecified atom stereocenters. The number of hydrogen-bond donors (Lipinski definition) is 1. The first-order valence-electron chi connectivity index (χ1n) is 5.67. The Balaban J connectivity index is 2.38. The van der Waals surface area contributed by atoms with Crippen LogP contribution >= 0.6 is 0 Å². The summed E-state index contributed by atoms with van der Waals surface area (Å²) in [4.78, 5) is 17.7. The predicted octanol–water partition coefficient (Wildman–Crippen LogP) is 1.37. The summed E-state index contributed by atoms with van der Waals surface area (Å²) >= 11 is 0. The first-order valence-corrected chi connectivity index (χ1v) is 5.67. The van der Waals surface area contributed by atoms with Crippen LogP contribution in [0.2, 0.25) is 0 Å². The lowest BCUT2D eigenvalue weighted by molar-refractivity contribution is 0.0823. The van der Waals surface area contributed by atoms with Gasteiger partial charge in [0.05, 0.1) is 24.2 Å². The molecule has 1 aliphatic rings. The van der Waals surface area contributed by atoms with Gasteiger partial charge >= 0.3 is 0 Å². The van der Waals surface area contributed by atoms with Gasteiger partial charge < -0.3 is 15.0 Å². The van der Waals surface area contributed by atoms with E-state index in [-0.39, 0.29) is 12.0 Å². The molecule has 1 aliphatic carbocycles. The number of ether oxygens (including phenoxy) is 1. The molecule has 1 aromatic heterocycles. The van der Waals surface area contributed by atoms with Crippen molar-refractivity contribution in [2.75, 3.05) is 26.5 Å². The zero-order chi connectivity index (χ0) is 12.4. The van der Waals surface area contributed by atoms with Gasteiger partial charge in [0.1, 0.15) is 5.56 Å². The lowest BCUT2D eigenvalue weighted by Gasteiger charge is -2.17. The normalized spacial score (nSPS) is 14.3. The Kier molecular flexibility index (Phi) is 3.17. The number of nitrogens with zero attached hydrogens (tertiary/aromatic N) is 2. The molecule has 1 aromatic rings. The van der Waals surface area contributed by atoms with Gasteiger partial charge in [-0.05, 0) is 12.8 Å². The van der Waals surface area contributed by atoms with Crippen molar-refractivity contribution >= 4 is 11.6 Å². The average Bonchev–Trinajstić information content (AvgIpc) is 3.11. The Bertz CT molecular complexity index is 428. The summed E-state index contributed by atoms with van der Waals surface area (Å²) in [6.07, 6.45) is 5.60. The summed E-state index contributed by atoms with van der Waals surface area (Å²) in [6, 6.07) is 0. The minimum atomic E-state index is -0.0765. The fourth-order valence-corrected chi connectivity index (χ4v) is 1.53. The smallest absolute Gasteiger partial charge is 0.259 e. The van der Waals surface area contributed by atoms with Crippen LogP contribution in [-0.4, -0.2) is 43.0 Å². The molecule has 1 heterocycles. The zero-order valence-corrected chi connectivity index (χ0v) is 10.4. The summed E-state index contributed by atoms with van der Waals surface area (Å²) in [5, 5.41) is 2.98. The van der Waals surface area contributed by atoms with E-state index in [0.29, 0.717) is 17.0 Å². The average molecular weight is 235 g/mol. The second-order valence-corrected chi connectivity index (χ2v) is 4.33. The molecule has 1 N–H and O–H groups in total. The number of aromatic nitrogens is 1. The number of pyridine rings is 1. The van der Waals surface area contributed by atoms with Crippen LogP contribution in [0.1, 0.15) is 23.2 Å². The Labute approximate surface area is 101 Å². The maximum Gasteiger partial charge on any atom is 0.259 e. The predicted molar refractivity (Wildman–Crippen MR) is 65.5 cm³/mol. The molecular weight excluding hydrogens is 218 g/mol. The highest BCUT2D eigenvalue weighted by Crippen LogP contribution is 2.32. The third kappa shape index (κ3) is 2.49. The Hall–Kier alpha value is -1.78. The minimum absolute atomic E-state index is 0.0765. The number of anilines is 1. The number of amides is 1. The summed E-state index contributed by atoms with van der Waals surface area (Å²) in [5.74, 6) is 0.491. The number of carbonyl (C=O) groups is 1. The van der Waals surface area contributed by atoms with Gasteiger partial charge in [0.15, 0.2) is 5.75 Å². The summed E-state index contributed by atoms with van der Waals surface area (Å²) < 4.78 is 5.72. The van der Waals surface area contributed by atoms with E-state index in [9.17, 15) is 4.79 Å². The van der Waals surface area contributed by atoms with Gasteiger partial charge in [0.25, 0.3) is 5.91 Å². The molecule has 92 valence electrons. The highest BCUT2D eigenvalue weighted by atomic mass is 16.5. The first-order chi connectivity index (χ1) is 8.13. The largest absolute Gasteiger partial charge is 0.488 e. The van der Waals surface area contributed by atoms with E-state index in [0.717, 1.165) is 12.8 Å². The van der Waals surface area contributed by atoms with Gasteiger partial charge in [-0.1, -0.05) is 0 Å². The highest BCUT2D eigenvalue weighted by Gasteiger charge is 2.27. The Morgan fingerprint density at radius 1 is 1.47 bits per heavy atom. The number of carbonyl (C=O) groups excluding carboxylic acids is 1. The molecular formula is C12H17N3O2. The first kappa shape index (κ1) is 11.7. The van der Waals surface area contributed by atoms with Crippen LogP contribution < -0.4 is 10.1 Å². The number of nitrogens with one attached hydrogen (secondary N) is 1. The van der Waals surface area contributed by atoms with Crippen molar-refractivity contribution in [3.8, 4) is 5.75 Å². The molecule has 2 rings (SSSR count). The quantitative estimate of drug-likeness (QED) is 0.856. The second kappa shape index (κ2) is 4.61. The third-order valence-corrected chi connectivity index (χ3v) is 2.62. The van der Waals surface area contributed by atoms with E-state index < -0.39 is 0 Å². The van der Waals surface area contributed by atoms with Crippen molar-refractivity contribution in [2.24, 2.45) is 0 Å². The minimum Gasteiger partial charge on any atom is -0.488 e. The molecule has 0 bridgehead atoms. The van der Waals surface area contributed by atoms with Crippen molar-refractivity contribution in [1.29, 1.82) is 0 Å². The molecule has 5 nitrogen and oxygen atoms in total. The molecule has 1 fully saturated rings. The molecule has 17 heavy (non-hydrogen) atoms. The van der Waals surface area contributed by atoms with E-state index in [2.05, 4.69) is 10.3 Å². The van der Waals surface area contributed by atoms with E-state index in [1.807, 2.05) is 0 Å². The topological polar surface area (TPSA) is 54.5 Å². The van der Waals surface area contributed by atoms with Crippen LogP contribution in [0.4, 0.5) is 5.69 Å². The van der Waals surface area contributed by atoms with Gasteiger partial charge in [-0.25, -0.2) is 0 Å². The van der Waals surface area contributed by atoms with Crippen LogP contribution in [0.25, 0.3) is 0 Å². The van der Waals surface area contributed by atoms with Crippen molar-refractivity contribution in [3.63, 3.8) is 0 Å². The number of hydrogen-bond acceptors (Lipinski definition) is 4. The molecule has 0 atom stereocenters. The molecule has 0 radical (unpaired) electrons. The van der Waals surface area contributed by atoms with Crippen LogP contribution in [0.5, 0.6) is 5.75 Å². The van der Waals surface area contributed by atoms with E-state index in [1.54, 1.807) is 33.5 Å². The zero-order valence-electron chi connectivity index (χ0n) is 10.4. The molecule has 1 amide bonds. The van der Waals surface area contributed by atoms with E-state index in [4.69, 9.17) is 4.74 Å². The fraction of sp³-hybridized carbons (Fsp3) is 0.500. The van der Waals surface area contributed by atoms with Crippen molar-refractivity contribution in [2.45, 2.75) is 18.9 Å². The van der Waals surface area contributed by atoms with Gasteiger partial charge in [-0.2, -0.15) is 0 Å². The standard InChI is InChI=1S/C12H17N3O2/c1-13-9-6-14-7-10(17-8-4-5-8)11(9)12(16)15(2)3/h6-8,13H,4-5H2,1-3H3. The summed E-state index contributed by atoms with van der Waals surface area (Å²) in [5.41, 5.74) is 1.25. The van der Waals surface area contributed by atoms with Crippen molar-refractivity contribution in [1.82, 2.24) is 9.88 Å². The molecule has 0 spiro atoms. The van der Waals surface area contributed by atoms with E-state index >= 15 is 0 Å². The third-order valence-electron chi connectivity index (χ3n) is 2.62. The van der Waals surface area contributed by atoms with E-state index in [1.165, 1.54) is 4.90 Å². The van der Waals surface area contributed by atoms with Gasteiger partial charge in [0.2, 0.25) is 0 Å². The summed E-state index contributed by atoms with van der Waals surface area (Å²) in [7, 11) is 5.22. The molecule has 0 aliphatic heterocycles. The van der Waals surface area contributed by atoms with Crippen molar-refractivity contribution < 1.29 is 9.53 Å². The molecule has 5 heteroatoms. The monoisotopic (exact) mass is 235 g/mol. The van der Waals surface area contributed by atoms with Gasteiger partial charge in [-0.15, -0.1) is 0 Å².